The van der Waals surface area contributed by atoms with Crippen molar-refractivity contribution in [3.63, 3.8) is 0 Å². The van der Waals surface area contributed by atoms with Gasteiger partial charge in [0.05, 0.1) is 33.6 Å². The predicted molar refractivity (Wildman–Crippen MR) is 206 cm³/mol. The number of nitrogens with one attached hydrogen (secondary N) is 1. The van der Waals surface area contributed by atoms with Crippen LogP contribution < -0.4 is 0 Å². The lowest BCUT2D eigenvalue weighted by molar-refractivity contribution is -0.389. The SMILES string of the molecule is CCCc1nn(-c2c([N+](=O)[O-])nn(-c3c(Cl)n[nH]c3C(C)C)c2CC)c(Cl)c1-n1nc(C#N)c(-n2nc(CC)c(-n3nc(C(F)(F)C(F)(F)F)cc3CC)c2Cl)c1CC. The van der Waals surface area contributed by atoms with Crippen LogP contribution in [-0.4, -0.2) is 70.2 Å². The van der Waals surface area contributed by atoms with Crippen LogP contribution in [0.5, 0.6) is 0 Å². The molecule has 0 aliphatic carbocycles. The second kappa shape index (κ2) is 16.0. The van der Waals surface area contributed by atoms with Gasteiger partial charge in [-0.25, -0.2) is 18.7 Å². The van der Waals surface area contributed by atoms with Gasteiger partial charge in [-0.05, 0) is 49.0 Å². The first kappa shape index (κ1) is 43.3. The summed E-state index contributed by atoms with van der Waals surface area (Å²) in [6, 6.07) is 2.70. The molecule has 0 aliphatic heterocycles. The fourth-order valence-electron chi connectivity index (χ4n) is 6.83. The molecule has 1 N–H and O–H groups in total. The minimum atomic E-state index is -5.91. The number of nitriles is 1. The summed E-state index contributed by atoms with van der Waals surface area (Å²) in [6.45, 7) is 12.4. The van der Waals surface area contributed by atoms with E-state index in [0.717, 1.165) is 9.36 Å². The van der Waals surface area contributed by atoms with E-state index in [2.05, 4.69) is 30.6 Å². The highest BCUT2D eigenvalue weighted by molar-refractivity contribution is 6.32. The Hall–Kier alpha value is -5.33. The van der Waals surface area contributed by atoms with Crippen molar-refractivity contribution in [3.05, 3.63) is 77.2 Å². The average molecular weight is 886 g/mol. The maximum Gasteiger partial charge on any atom is 0.459 e. The lowest BCUT2D eigenvalue weighted by Crippen LogP contribution is -2.34. The van der Waals surface area contributed by atoms with Gasteiger partial charge in [0.1, 0.15) is 34.5 Å². The van der Waals surface area contributed by atoms with Crippen LogP contribution in [0.3, 0.4) is 0 Å². The Labute approximate surface area is 347 Å². The molecule has 6 aromatic heterocycles. The van der Waals surface area contributed by atoms with Gasteiger partial charge in [-0.15, -0.1) is 4.68 Å². The zero-order valence-electron chi connectivity index (χ0n) is 32.6. The van der Waals surface area contributed by atoms with Crippen molar-refractivity contribution >= 4 is 40.6 Å². The van der Waals surface area contributed by atoms with Crippen LogP contribution >= 0.6 is 34.8 Å². The second-order valence-electron chi connectivity index (χ2n) is 13.6. The third kappa shape index (κ3) is 6.93. The van der Waals surface area contributed by atoms with E-state index < -0.39 is 28.5 Å². The zero-order valence-corrected chi connectivity index (χ0v) is 34.8. The highest BCUT2D eigenvalue weighted by Gasteiger charge is 2.60. The minimum absolute atomic E-state index is 0.000693. The van der Waals surface area contributed by atoms with Crippen molar-refractivity contribution in [2.45, 2.75) is 105 Å². The Balaban J connectivity index is 1.60. The third-order valence-electron chi connectivity index (χ3n) is 9.59. The first-order valence-corrected chi connectivity index (χ1v) is 19.6. The molecule has 0 radical (unpaired) electrons. The number of aromatic nitrogens is 12. The number of aromatic amines is 1. The van der Waals surface area contributed by atoms with E-state index in [9.17, 15) is 37.3 Å². The standard InChI is InChI=1S/C35H36Cl3F5N14O2/c1-8-13-19-27(32(38)56(48-19)28-22(12-5)54(51-33(28)57(58)59)29-24(16(6)7)45-46-30(29)36)53-21(11-4)25(20(15-44)49-53)55-31(37)26(18(10-3)47-55)52-17(9-2)14-23(50-52)34(39,40)35(41,42)43/h14,16H,8-13H2,1-7H3,(H,45,46). The van der Waals surface area contributed by atoms with Crippen LogP contribution in [0.4, 0.5) is 27.8 Å². The first-order chi connectivity index (χ1) is 27.8. The topological polar surface area (TPSA) is 185 Å². The van der Waals surface area contributed by atoms with E-state index in [-0.39, 0.29) is 86.9 Å². The van der Waals surface area contributed by atoms with E-state index in [1.165, 1.54) is 14.0 Å². The van der Waals surface area contributed by atoms with Gasteiger partial charge in [-0.1, -0.05) is 89.7 Å². The van der Waals surface area contributed by atoms with Gasteiger partial charge in [0.25, 0.3) is 0 Å². The second-order valence-corrected chi connectivity index (χ2v) is 14.6. The molecule has 0 saturated heterocycles. The number of aryl methyl sites for hydroxylation is 3. The van der Waals surface area contributed by atoms with E-state index >= 15 is 0 Å². The Kier molecular flexibility index (Phi) is 11.7. The molecule has 0 fully saturated rings. The summed E-state index contributed by atoms with van der Waals surface area (Å²) in [6.07, 6.45) is -4.58. The summed E-state index contributed by atoms with van der Waals surface area (Å²) in [5.74, 6) is -5.96. The van der Waals surface area contributed by atoms with E-state index in [1.54, 1.807) is 27.7 Å². The van der Waals surface area contributed by atoms with Gasteiger partial charge in [-0.2, -0.15) is 52.7 Å². The fourth-order valence-corrected chi connectivity index (χ4v) is 7.68. The Morgan fingerprint density at radius 2 is 1.36 bits per heavy atom. The molecule has 0 bridgehead atoms. The average Bonchev–Trinajstić information content (AvgIpc) is 4.02. The van der Waals surface area contributed by atoms with Crippen molar-refractivity contribution in [1.82, 2.24) is 59.1 Å². The molecule has 6 aromatic rings. The smallest absolute Gasteiger partial charge is 0.358 e. The Morgan fingerprint density at radius 1 is 0.780 bits per heavy atom. The fraction of sp³-hybridized carbons (Fsp3) is 0.457. The van der Waals surface area contributed by atoms with Crippen molar-refractivity contribution in [2.75, 3.05) is 0 Å². The molecule has 24 heteroatoms. The molecule has 0 unspecified atom stereocenters. The molecule has 0 aliphatic rings. The van der Waals surface area contributed by atoms with Crippen molar-refractivity contribution < 1.29 is 26.9 Å². The number of hydrogen-bond donors (Lipinski definition) is 1. The Bertz CT molecular complexity index is 2620. The normalized spacial score (nSPS) is 12.3. The van der Waals surface area contributed by atoms with E-state index in [0.29, 0.717) is 47.4 Å². The van der Waals surface area contributed by atoms with E-state index in [1.807, 2.05) is 26.8 Å². The molecule has 0 saturated carbocycles. The third-order valence-corrected chi connectivity index (χ3v) is 10.5. The minimum Gasteiger partial charge on any atom is -0.358 e. The highest BCUT2D eigenvalue weighted by Crippen LogP contribution is 2.45. The summed E-state index contributed by atoms with van der Waals surface area (Å²) in [4.78, 5) is 12.0. The van der Waals surface area contributed by atoms with Gasteiger partial charge >= 0.3 is 17.9 Å². The molecule has 6 rings (SSSR count). The maximum absolute atomic E-state index is 14.5. The molecule has 59 heavy (non-hydrogen) atoms. The number of nitro groups is 1. The summed E-state index contributed by atoms with van der Waals surface area (Å²) >= 11 is 20.6. The number of nitrogens with zero attached hydrogens (tertiary/aromatic N) is 13. The number of rotatable bonds is 14. The molecule has 0 spiro atoms. The molecular weight excluding hydrogens is 850 g/mol. The summed E-state index contributed by atoms with van der Waals surface area (Å²) in [5.41, 5.74) is 0.454. The van der Waals surface area contributed by atoms with E-state index in [4.69, 9.17) is 39.9 Å². The summed E-state index contributed by atoms with van der Waals surface area (Å²) in [7, 11) is 0. The zero-order chi connectivity index (χ0) is 43.5. The molecule has 0 atom stereocenters. The quantitative estimate of drug-likeness (QED) is 0.0633. The van der Waals surface area contributed by atoms with Crippen LogP contribution in [0, 0.1) is 21.4 Å². The number of halogens is 8. The monoisotopic (exact) mass is 884 g/mol. The first-order valence-electron chi connectivity index (χ1n) is 18.4. The van der Waals surface area contributed by atoms with Crippen LogP contribution in [0.15, 0.2) is 6.07 Å². The largest absolute Gasteiger partial charge is 0.459 e. The maximum atomic E-state index is 14.5. The predicted octanol–water partition coefficient (Wildman–Crippen LogP) is 9.06. The summed E-state index contributed by atoms with van der Waals surface area (Å²) in [5, 5.41) is 51.7. The van der Waals surface area contributed by atoms with Crippen molar-refractivity contribution in [2.24, 2.45) is 0 Å². The van der Waals surface area contributed by atoms with Crippen LogP contribution in [0.1, 0.15) is 106 Å². The van der Waals surface area contributed by atoms with Crippen molar-refractivity contribution in [3.8, 4) is 34.5 Å². The van der Waals surface area contributed by atoms with Gasteiger partial charge in [0.15, 0.2) is 26.8 Å². The molecule has 6 heterocycles. The number of alkyl halides is 5. The molecule has 0 amide bonds. The summed E-state index contributed by atoms with van der Waals surface area (Å²) < 4.78 is 75.2. The van der Waals surface area contributed by atoms with Gasteiger partial charge in [0.2, 0.25) is 0 Å². The molecular formula is C35H36Cl3F5N14O2. The molecule has 0 aromatic carbocycles. The van der Waals surface area contributed by atoms with Gasteiger partial charge in [-0.3, -0.25) is 5.10 Å². The van der Waals surface area contributed by atoms with Crippen LogP contribution in [0.2, 0.25) is 15.5 Å². The molecule has 314 valence electrons. The lowest BCUT2D eigenvalue weighted by atomic mass is 10.1. The van der Waals surface area contributed by atoms with Crippen LogP contribution in [0.25, 0.3) is 28.4 Å². The highest BCUT2D eigenvalue weighted by atomic mass is 35.5. The van der Waals surface area contributed by atoms with Crippen LogP contribution in [-0.2, 0) is 38.0 Å². The van der Waals surface area contributed by atoms with Gasteiger partial charge < -0.3 is 10.1 Å². The van der Waals surface area contributed by atoms with Crippen molar-refractivity contribution in [1.29, 1.82) is 5.26 Å². The Morgan fingerprint density at radius 3 is 1.88 bits per heavy atom. The number of H-pyrrole nitrogens is 1. The molecule has 16 nitrogen and oxygen atoms in total. The van der Waals surface area contributed by atoms with Gasteiger partial charge in [0, 0.05) is 5.69 Å². The number of hydrogen-bond acceptors (Lipinski definition) is 9. The lowest BCUT2D eigenvalue weighted by Gasteiger charge is -2.16.